The molecule has 0 spiro atoms. The highest BCUT2D eigenvalue weighted by molar-refractivity contribution is 7.80. The minimum atomic E-state index is -0.398. The van der Waals surface area contributed by atoms with E-state index in [0.717, 1.165) is 12.0 Å². The molecular weight excluding hydrogens is 410 g/mol. The van der Waals surface area contributed by atoms with Crippen molar-refractivity contribution in [2.24, 2.45) is 0 Å². The van der Waals surface area contributed by atoms with Crippen LogP contribution >= 0.6 is 12.2 Å². The SMILES string of the molecule is CNC(=O)c1ccccc1NC(=S)NC(=O)c1ccccc1OCCc1ccccc1. The van der Waals surface area contributed by atoms with E-state index in [1.807, 2.05) is 36.4 Å². The number of amides is 2. The molecule has 0 heterocycles. The van der Waals surface area contributed by atoms with Crippen molar-refractivity contribution in [1.82, 2.24) is 10.6 Å². The molecule has 3 rings (SSSR count). The summed E-state index contributed by atoms with van der Waals surface area (Å²) >= 11 is 5.27. The van der Waals surface area contributed by atoms with Crippen LogP contribution in [-0.4, -0.2) is 30.6 Å². The fraction of sp³-hybridized carbons (Fsp3) is 0.125. The van der Waals surface area contributed by atoms with Gasteiger partial charge in [-0.3, -0.25) is 14.9 Å². The zero-order valence-electron chi connectivity index (χ0n) is 17.1. The van der Waals surface area contributed by atoms with Gasteiger partial charge in [0.15, 0.2) is 5.11 Å². The summed E-state index contributed by atoms with van der Waals surface area (Å²) in [6.07, 6.45) is 0.729. The first-order chi connectivity index (χ1) is 15.1. The molecule has 7 heteroatoms. The number of hydrogen-bond acceptors (Lipinski definition) is 4. The monoisotopic (exact) mass is 433 g/mol. The lowest BCUT2D eigenvalue weighted by molar-refractivity contribution is 0.0960. The summed E-state index contributed by atoms with van der Waals surface area (Å²) in [5.41, 5.74) is 2.45. The molecule has 0 aliphatic rings. The van der Waals surface area contributed by atoms with Crippen LogP contribution in [0, 0.1) is 0 Å². The maximum absolute atomic E-state index is 12.8. The summed E-state index contributed by atoms with van der Waals surface area (Å²) in [6, 6.07) is 23.9. The average Bonchev–Trinajstić information content (AvgIpc) is 2.80. The molecule has 3 aromatic rings. The predicted octanol–water partition coefficient (Wildman–Crippen LogP) is 3.79. The third kappa shape index (κ3) is 6.13. The van der Waals surface area contributed by atoms with Gasteiger partial charge in [0.25, 0.3) is 11.8 Å². The van der Waals surface area contributed by atoms with Gasteiger partial charge in [0.1, 0.15) is 5.75 Å². The van der Waals surface area contributed by atoms with Gasteiger partial charge in [-0.2, -0.15) is 0 Å². The number of hydrogen-bond donors (Lipinski definition) is 3. The fourth-order valence-electron chi connectivity index (χ4n) is 2.95. The Morgan fingerprint density at radius 1 is 0.839 bits per heavy atom. The summed E-state index contributed by atoms with van der Waals surface area (Å²) in [5, 5.41) is 8.21. The highest BCUT2D eigenvalue weighted by Crippen LogP contribution is 2.19. The molecule has 0 aliphatic carbocycles. The van der Waals surface area contributed by atoms with Crippen LogP contribution in [0.1, 0.15) is 26.3 Å². The van der Waals surface area contributed by atoms with Gasteiger partial charge in [-0.25, -0.2) is 0 Å². The Morgan fingerprint density at radius 3 is 2.23 bits per heavy atom. The van der Waals surface area contributed by atoms with Crippen LogP contribution in [0.15, 0.2) is 78.9 Å². The summed E-state index contributed by atoms with van der Waals surface area (Å²) in [4.78, 5) is 24.8. The molecule has 6 nitrogen and oxygen atoms in total. The van der Waals surface area contributed by atoms with Crippen molar-refractivity contribution in [3.05, 3.63) is 95.6 Å². The number of para-hydroxylation sites is 2. The number of anilines is 1. The first kappa shape index (κ1) is 22.0. The number of carbonyl (C=O) groups is 2. The molecule has 0 bridgehead atoms. The molecule has 0 unspecified atom stereocenters. The molecule has 0 saturated heterocycles. The zero-order valence-corrected chi connectivity index (χ0v) is 17.9. The largest absolute Gasteiger partial charge is 0.492 e. The molecule has 3 aromatic carbocycles. The Bertz CT molecular complexity index is 1070. The van der Waals surface area contributed by atoms with E-state index in [9.17, 15) is 9.59 Å². The maximum Gasteiger partial charge on any atom is 0.261 e. The van der Waals surface area contributed by atoms with Crippen molar-refractivity contribution in [3.8, 4) is 5.75 Å². The quantitative estimate of drug-likeness (QED) is 0.494. The van der Waals surface area contributed by atoms with E-state index in [1.165, 1.54) is 0 Å². The molecule has 2 amide bonds. The Balaban J connectivity index is 1.63. The Hall–Kier alpha value is -3.71. The van der Waals surface area contributed by atoms with Gasteiger partial charge in [-0.1, -0.05) is 54.6 Å². The van der Waals surface area contributed by atoms with E-state index >= 15 is 0 Å². The number of carbonyl (C=O) groups excluding carboxylic acids is 2. The van der Waals surface area contributed by atoms with Crippen LogP contribution in [0.3, 0.4) is 0 Å². The van der Waals surface area contributed by atoms with Gasteiger partial charge in [0.05, 0.1) is 23.4 Å². The number of thiocarbonyl (C=S) groups is 1. The van der Waals surface area contributed by atoms with Gasteiger partial charge in [-0.05, 0) is 42.0 Å². The number of benzene rings is 3. The van der Waals surface area contributed by atoms with E-state index in [2.05, 4.69) is 16.0 Å². The summed E-state index contributed by atoms with van der Waals surface area (Å²) < 4.78 is 5.85. The minimum Gasteiger partial charge on any atom is -0.492 e. The van der Waals surface area contributed by atoms with Crippen LogP contribution in [0.4, 0.5) is 5.69 Å². The van der Waals surface area contributed by atoms with E-state index in [-0.39, 0.29) is 11.0 Å². The third-order valence-electron chi connectivity index (χ3n) is 4.50. The van der Waals surface area contributed by atoms with Gasteiger partial charge >= 0.3 is 0 Å². The first-order valence-electron chi connectivity index (χ1n) is 9.77. The molecule has 0 aliphatic heterocycles. The van der Waals surface area contributed by atoms with Gasteiger partial charge < -0.3 is 15.4 Å². The molecule has 0 fully saturated rings. The number of rotatable bonds is 7. The van der Waals surface area contributed by atoms with Crippen LogP contribution < -0.4 is 20.7 Å². The molecule has 0 radical (unpaired) electrons. The maximum atomic E-state index is 12.8. The molecule has 0 saturated carbocycles. The zero-order chi connectivity index (χ0) is 22.1. The van der Waals surface area contributed by atoms with Crippen molar-refractivity contribution in [1.29, 1.82) is 0 Å². The highest BCUT2D eigenvalue weighted by atomic mass is 32.1. The van der Waals surface area contributed by atoms with E-state index in [4.69, 9.17) is 17.0 Å². The normalized spacial score (nSPS) is 10.1. The van der Waals surface area contributed by atoms with Gasteiger partial charge in [-0.15, -0.1) is 0 Å². The second-order valence-electron chi connectivity index (χ2n) is 6.61. The Kier molecular flexibility index (Phi) is 7.73. The van der Waals surface area contributed by atoms with Crippen LogP contribution in [0.2, 0.25) is 0 Å². The third-order valence-corrected chi connectivity index (χ3v) is 4.70. The molecule has 31 heavy (non-hydrogen) atoms. The lowest BCUT2D eigenvalue weighted by Crippen LogP contribution is -2.35. The standard InChI is InChI=1S/C24H23N3O3S/c1-25-22(28)18-11-5-7-13-20(18)26-24(31)27-23(29)19-12-6-8-14-21(19)30-16-15-17-9-3-2-4-10-17/h2-14H,15-16H2,1H3,(H,25,28)(H2,26,27,29,31). The van der Waals surface area contributed by atoms with E-state index in [0.29, 0.717) is 29.2 Å². The van der Waals surface area contributed by atoms with E-state index in [1.54, 1.807) is 49.5 Å². The van der Waals surface area contributed by atoms with Crippen molar-refractivity contribution in [3.63, 3.8) is 0 Å². The second-order valence-corrected chi connectivity index (χ2v) is 7.02. The molecule has 0 aromatic heterocycles. The lowest BCUT2D eigenvalue weighted by atomic mass is 10.1. The fourth-order valence-corrected chi connectivity index (χ4v) is 3.16. The van der Waals surface area contributed by atoms with Crippen molar-refractivity contribution in [2.75, 3.05) is 19.0 Å². The second kappa shape index (κ2) is 10.9. The van der Waals surface area contributed by atoms with Crippen molar-refractivity contribution in [2.45, 2.75) is 6.42 Å². The smallest absolute Gasteiger partial charge is 0.261 e. The summed E-state index contributed by atoms with van der Waals surface area (Å²) in [6.45, 7) is 0.441. The summed E-state index contributed by atoms with van der Waals surface area (Å²) in [5.74, 6) is -0.177. The number of ether oxygens (including phenoxy) is 1. The Labute approximate surface area is 186 Å². The molecule has 158 valence electrons. The lowest BCUT2D eigenvalue weighted by Gasteiger charge is -2.14. The highest BCUT2D eigenvalue weighted by Gasteiger charge is 2.15. The average molecular weight is 434 g/mol. The van der Waals surface area contributed by atoms with Gasteiger partial charge in [0, 0.05) is 13.5 Å². The van der Waals surface area contributed by atoms with Gasteiger partial charge in [0.2, 0.25) is 0 Å². The van der Waals surface area contributed by atoms with Crippen LogP contribution in [0.25, 0.3) is 0 Å². The van der Waals surface area contributed by atoms with Crippen LogP contribution in [-0.2, 0) is 6.42 Å². The molecule has 3 N–H and O–H groups in total. The minimum absolute atomic E-state index is 0.0837. The summed E-state index contributed by atoms with van der Waals surface area (Å²) in [7, 11) is 1.55. The van der Waals surface area contributed by atoms with E-state index < -0.39 is 5.91 Å². The van der Waals surface area contributed by atoms with Crippen molar-refractivity contribution >= 4 is 34.8 Å². The predicted molar refractivity (Wildman–Crippen MR) is 126 cm³/mol. The first-order valence-corrected chi connectivity index (χ1v) is 10.2. The topological polar surface area (TPSA) is 79.5 Å². The Morgan fingerprint density at radius 2 is 1.48 bits per heavy atom. The van der Waals surface area contributed by atoms with Crippen LogP contribution in [0.5, 0.6) is 5.75 Å². The van der Waals surface area contributed by atoms with Crippen molar-refractivity contribution < 1.29 is 14.3 Å². The molecule has 0 atom stereocenters. The number of nitrogens with one attached hydrogen (secondary N) is 3. The molecular formula is C24H23N3O3S.